The highest BCUT2D eigenvalue weighted by molar-refractivity contribution is 8.15. The first-order valence-electron chi connectivity index (χ1n) is 9.03. The number of rotatable bonds is 7. The summed E-state index contributed by atoms with van der Waals surface area (Å²) in [5, 5.41) is 3.11. The fourth-order valence-electron chi connectivity index (χ4n) is 3.18. The fraction of sp³-hybridized carbons (Fsp3) is 0.263. The molecular formula is C19H18FN3O4S3. The number of benzene rings is 1. The first-order chi connectivity index (χ1) is 14.4. The second-order valence-corrected chi connectivity index (χ2v) is 10.6. The van der Waals surface area contributed by atoms with Crippen LogP contribution in [0.3, 0.4) is 0 Å². The third-order valence-corrected chi connectivity index (χ3v) is 8.65. The highest BCUT2D eigenvalue weighted by Gasteiger charge is 2.29. The molecule has 4 rings (SSSR count). The highest BCUT2D eigenvalue weighted by Crippen LogP contribution is 2.34. The van der Waals surface area contributed by atoms with E-state index < -0.39 is 16.7 Å². The van der Waals surface area contributed by atoms with Gasteiger partial charge >= 0.3 is 5.97 Å². The molecule has 1 aliphatic rings. The van der Waals surface area contributed by atoms with E-state index in [-0.39, 0.29) is 22.2 Å². The van der Waals surface area contributed by atoms with Crippen LogP contribution in [0.2, 0.25) is 0 Å². The van der Waals surface area contributed by atoms with Crippen LogP contribution >= 0.6 is 23.1 Å². The molecule has 3 aromatic rings. The first kappa shape index (κ1) is 20.9. The maximum absolute atomic E-state index is 13.3. The molecule has 1 aliphatic heterocycles. The van der Waals surface area contributed by atoms with E-state index in [1.807, 2.05) is 12.1 Å². The van der Waals surface area contributed by atoms with Crippen LogP contribution in [0.5, 0.6) is 0 Å². The van der Waals surface area contributed by atoms with Crippen molar-refractivity contribution in [1.82, 2.24) is 4.98 Å². The van der Waals surface area contributed by atoms with Gasteiger partial charge in [-0.3, -0.25) is 14.1 Å². The van der Waals surface area contributed by atoms with E-state index in [4.69, 9.17) is 4.74 Å². The van der Waals surface area contributed by atoms with Crippen molar-refractivity contribution in [3.05, 3.63) is 47.5 Å². The Morgan fingerprint density at radius 3 is 2.90 bits per heavy atom. The molecule has 0 amide bonds. The van der Waals surface area contributed by atoms with E-state index >= 15 is 0 Å². The van der Waals surface area contributed by atoms with E-state index in [1.165, 1.54) is 24.8 Å². The molecule has 7 nitrogen and oxygen atoms in total. The monoisotopic (exact) mass is 467 g/mol. The predicted octanol–water partition coefficient (Wildman–Crippen LogP) is 3.78. The van der Waals surface area contributed by atoms with Gasteiger partial charge in [-0.05, 0) is 23.6 Å². The molecule has 0 fully saturated rings. The number of aromatic amines is 1. The molecule has 158 valence electrons. The number of esters is 1. The normalized spacial score (nSPS) is 16.6. The Hall–Kier alpha value is -2.37. The number of sulfonamides is 1. The summed E-state index contributed by atoms with van der Waals surface area (Å²) >= 11 is 2.41. The number of thiophene rings is 1. The standard InChI is InChI=1S/C19H18FN3O4S3/c1-12(24)27-16-11-21-19(29-16)14-10-13-4-2-5-15(18(13)22-14)23(8-7-20)30(25,26)17-6-3-9-28-17/h2-6,9-10,16,22H,7-8,11H2,1H3. The Labute approximate surface area is 181 Å². The van der Waals surface area contributed by atoms with Gasteiger partial charge in [0.1, 0.15) is 15.9 Å². The van der Waals surface area contributed by atoms with Crippen LogP contribution < -0.4 is 4.31 Å². The molecule has 1 unspecified atom stereocenters. The zero-order chi connectivity index (χ0) is 21.3. The fourth-order valence-corrected chi connectivity index (χ4v) is 6.71. The molecular weight excluding hydrogens is 449 g/mol. The summed E-state index contributed by atoms with van der Waals surface area (Å²) in [4.78, 5) is 18.8. The number of para-hydroxylation sites is 1. The number of ether oxygens (including phenoxy) is 1. The zero-order valence-electron chi connectivity index (χ0n) is 15.9. The SMILES string of the molecule is CC(=O)OC1CN=C(c2cc3cccc(N(CCF)S(=O)(=O)c4cccs4)c3[nH]2)S1. The number of carbonyl (C=O) groups excluding carboxylic acids is 1. The van der Waals surface area contributed by atoms with Crippen LogP contribution in [0.15, 0.2) is 51.0 Å². The van der Waals surface area contributed by atoms with Crippen LogP contribution in [0.4, 0.5) is 10.1 Å². The van der Waals surface area contributed by atoms with Gasteiger partial charge in [0.2, 0.25) is 0 Å². The smallest absolute Gasteiger partial charge is 0.303 e. The van der Waals surface area contributed by atoms with Crippen molar-refractivity contribution in [2.24, 2.45) is 4.99 Å². The summed E-state index contributed by atoms with van der Waals surface area (Å²) < 4.78 is 46.0. The number of anilines is 1. The third-order valence-electron chi connectivity index (χ3n) is 4.38. The van der Waals surface area contributed by atoms with Crippen LogP contribution in [-0.4, -0.2) is 49.6 Å². The van der Waals surface area contributed by atoms with E-state index in [0.717, 1.165) is 21.0 Å². The second kappa shape index (κ2) is 8.40. The molecule has 0 saturated heterocycles. The lowest BCUT2D eigenvalue weighted by Crippen LogP contribution is -2.32. The van der Waals surface area contributed by atoms with Crippen molar-refractivity contribution in [1.29, 1.82) is 0 Å². The van der Waals surface area contributed by atoms with Gasteiger partial charge in [-0.1, -0.05) is 30.0 Å². The number of fused-ring (bicyclic) bond motifs is 1. The maximum Gasteiger partial charge on any atom is 0.303 e. The second-order valence-electron chi connectivity index (χ2n) is 6.43. The van der Waals surface area contributed by atoms with E-state index in [1.54, 1.807) is 23.6 Å². The number of nitrogens with one attached hydrogen (secondary N) is 1. The molecule has 0 saturated carbocycles. The van der Waals surface area contributed by atoms with E-state index in [2.05, 4.69) is 9.98 Å². The van der Waals surface area contributed by atoms with Gasteiger partial charge in [0.25, 0.3) is 10.0 Å². The predicted molar refractivity (Wildman–Crippen MR) is 118 cm³/mol. The van der Waals surface area contributed by atoms with Crippen molar-refractivity contribution in [2.45, 2.75) is 16.6 Å². The van der Waals surface area contributed by atoms with Gasteiger partial charge in [0.05, 0.1) is 30.0 Å². The maximum atomic E-state index is 13.3. The molecule has 30 heavy (non-hydrogen) atoms. The third kappa shape index (κ3) is 3.96. The lowest BCUT2D eigenvalue weighted by Gasteiger charge is -2.23. The number of thioether (sulfide) groups is 1. The molecule has 0 spiro atoms. The van der Waals surface area contributed by atoms with Crippen LogP contribution in [0, 0.1) is 0 Å². The number of aliphatic imine (C=N–C) groups is 1. The summed E-state index contributed by atoms with van der Waals surface area (Å²) in [5.74, 6) is -0.372. The number of alkyl halides is 1. The van der Waals surface area contributed by atoms with Crippen LogP contribution in [0.25, 0.3) is 10.9 Å². The van der Waals surface area contributed by atoms with Crippen molar-refractivity contribution in [3.63, 3.8) is 0 Å². The minimum atomic E-state index is -3.90. The van der Waals surface area contributed by atoms with Crippen LogP contribution in [0.1, 0.15) is 12.6 Å². The molecule has 1 atom stereocenters. The lowest BCUT2D eigenvalue weighted by molar-refractivity contribution is -0.141. The lowest BCUT2D eigenvalue weighted by atomic mass is 10.2. The number of H-pyrrole nitrogens is 1. The Morgan fingerprint density at radius 1 is 1.37 bits per heavy atom. The summed E-state index contributed by atoms with van der Waals surface area (Å²) in [5.41, 5.74) is 1.24. The number of hydrogen-bond donors (Lipinski definition) is 1. The first-order valence-corrected chi connectivity index (χ1v) is 12.2. The minimum Gasteiger partial charge on any atom is -0.449 e. The summed E-state index contributed by atoms with van der Waals surface area (Å²) in [6, 6.07) is 10.2. The zero-order valence-corrected chi connectivity index (χ0v) is 18.3. The van der Waals surface area contributed by atoms with Crippen molar-refractivity contribution in [2.75, 3.05) is 24.1 Å². The number of carbonyl (C=O) groups is 1. The van der Waals surface area contributed by atoms with Gasteiger partial charge in [-0.25, -0.2) is 12.8 Å². The summed E-state index contributed by atoms with van der Waals surface area (Å²) in [7, 11) is -3.90. The van der Waals surface area contributed by atoms with Crippen molar-refractivity contribution < 1.29 is 22.3 Å². The Bertz CT molecular complexity index is 1210. The molecule has 11 heteroatoms. The van der Waals surface area contributed by atoms with Gasteiger partial charge in [0.15, 0.2) is 5.44 Å². The number of hydrogen-bond acceptors (Lipinski definition) is 7. The number of nitrogens with zero attached hydrogens (tertiary/aromatic N) is 2. The molecule has 0 bridgehead atoms. The molecule has 1 N–H and O–H groups in total. The van der Waals surface area contributed by atoms with Crippen molar-refractivity contribution >= 4 is 60.7 Å². The Morgan fingerprint density at radius 2 is 2.20 bits per heavy atom. The quantitative estimate of drug-likeness (QED) is 0.534. The topological polar surface area (TPSA) is 91.8 Å². The van der Waals surface area contributed by atoms with Crippen molar-refractivity contribution in [3.8, 4) is 0 Å². The molecule has 1 aromatic carbocycles. The minimum absolute atomic E-state index is 0.152. The van der Waals surface area contributed by atoms with E-state index in [0.29, 0.717) is 28.5 Å². The number of halogens is 1. The molecule has 2 aromatic heterocycles. The molecule has 0 radical (unpaired) electrons. The number of aromatic nitrogens is 1. The molecule has 3 heterocycles. The van der Waals surface area contributed by atoms with Gasteiger partial charge < -0.3 is 9.72 Å². The largest absolute Gasteiger partial charge is 0.449 e. The Balaban J connectivity index is 1.72. The Kier molecular flexibility index (Phi) is 5.85. The average molecular weight is 468 g/mol. The van der Waals surface area contributed by atoms with E-state index in [9.17, 15) is 17.6 Å². The van der Waals surface area contributed by atoms with Crippen LogP contribution in [-0.2, 0) is 19.6 Å². The summed E-state index contributed by atoms with van der Waals surface area (Å²) in [6.45, 7) is 0.586. The van der Waals surface area contributed by atoms with Gasteiger partial charge in [-0.15, -0.1) is 11.3 Å². The highest BCUT2D eigenvalue weighted by atomic mass is 32.2. The summed E-state index contributed by atoms with van der Waals surface area (Å²) in [6.07, 6.45) is 0. The molecule has 0 aliphatic carbocycles. The average Bonchev–Trinajstić information content (AvgIpc) is 3.44. The van der Waals surface area contributed by atoms with Gasteiger partial charge in [0, 0.05) is 12.3 Å². The van der Waals surface area contributed by atoms with Gasteiger partial charge in [-0.2, -0.15) is 0 Å².